The second kappa shape index (κ2) is 29.6. The maximum absolute atomic E-state index is 13.3. The zero-order valence-electron chi connectivity index (χ0n) is 42.7. The number of hydrogen-bond acceptors (Lipinski definition) is 5. The minimum absolute atomic E-state index is 0.0331. The lowest BCUT2D eigenvalue weighted by Crippen LogP contribution is -2.51. The molecule has 0 heterocycles. The maximum Gasteiger partial charge on any atom is 0.407 e. The Bertz CT molecular complexity index is 1370. The summed E-state index contributed by atoms with van der Waals surface area (Å²) in [4.78, 5) is 41.0. The fourth-order valence-corrected chi connectivity index (χ4v) is 13.4. The van der Waals surface area contributed by atoms with Crippen LogP contribution in [-0.4, -0.2) is 61.6 Å². The van der Waals surface area contributed by atoms with Crippen molar-refractivity contribution in [2.75, 3.05) is 32.7 Å². The van der Waals surface area contributed by atoms with E-state index in [4.69, 9.17) is 10.5 Å². The number of allylic oxidation sites excluding steroid dienone is 1. The summed E-state index contributed by atoms with van der Waals surface area (Å²) in [6.07, 6.45) is 38.3. The molecule has 3 amide bonds. The number of rotatable bonds is 33. The van der Waals surface area contributed by atoms with Gasteiger partial charge in [-0.1, -0.05) is 162 Å². The average Bonchev–Trinajstić information content (AvgIpc) is 3.63. The molecule has 0 aromatic carbocycles. The number of carbonyl (C=O) groups excluding carboxylic acids is 3. The van der Waals surface area contributed by atoms with E-state index < -0.39 is 0 Å². The molecule has 370 valence electrons. The van der Waals surface area contributed by atoms with Crippen molar-refractivity contribution in [1.82, 2.24) is 15.5 Å². The zero-order chi connectivity index (χ0) is 46.2. The molecule has 4 N–H and O–H groups in total. The Morgan fingerprint density at radius 1 is 0.734 bits per heavy atom. The summed E-state index contributed by atoms with van der Waals surface area (Å²) in [5.74, 6) is 5.04. The molecule has 4 aliphatic rings. The quantitative estimate of drug-likeness (QED) is 0.0448. The number of nitrogens with one attached hydrogen (secondary N) is 2. The van der Waals surface area contributed by atoms with Crippen molar-refractivity contribution in [3.05, 3.63) is 11.6 Å². The van der Waals surface area contributed by atoms with Gasteiger partial charge in [0, 0.05) is 32.5 Å². The van der Waals surface area contributed by atoms with Gasteiger partial charge in [0.1, 0.15) is 6.10 Å². The van der Waals surface area contributed by atoms with Crippen LogP contribution in [0.1, 0.15) is 241 Å². The van der Waals surface area contributed by atoms with E-state index in [-0.39, 0.29) is 36.0 Å². The molecule has 0 aromatic heterocycles. The van der Waals surface area contributed by atoms with E-state index in [1.54, 1.807) is 10.5 Å². The van der Waals surface area contributed by atoms with Crippen LogP contribution in [0.2, 0.25) is 0 Å². The third kappa shape index (κ3) is 17.5. The fraction of sp³-hybridized carbons (Fsp3) is 0.911. The number of amides is 3. The van der Waals surface area contributed by atoms with Crippen molar-refractivity contribution in [3.8, 4) is 0 Å². The zero-order valence-corrected chi connectivity index (χ0v) is 42.7. The van der Waals surface area contributed by atoms with Gasteiger partial charge in [0.05, 0.1) is 6.54 Å². The SMILES string of the molecule is CCCCCCCCCCCCCC(=O)N(CCCCCCNC(=O)O[C@H]1CC[C@@]2(C)C(=CC[C@H]3[C@@H]4CC[C@H]([C@H](C)CCCC(C)C)[C@@]4(C)CC[C@@H]32)C1)CC(=O)NCCCCCCN. The van der Waals surface area contributed by atoms with E-state index in [1.165, 1.54) is 109 Å². The molecule has 0 unspecified atom stereocenters. The second-order valence-corrected chi connectivity index (χ2v) is 22.6. The highest BCUT2D eigenvalue weighted by Crippen LogP contribution is 2.67. The Morgan fingerprint density at radius 3 is 2.06 bits per heavy atom. The fourth-order valence-electron chi connectivity index (χ4n) is 13.4. The molecule has 0 radical (unpaired) electrons. The van der Waals surface area contributed by atoms with E-state index in [1.807, 2.05) is 0 Å². The first-order valence-electron chi connectivity index (χ1n) is 27.8. The molecular weight excluding hydrogens is 793 g/mol. The second-order valence-electron chi connectivity index (χ2n) is 22.6. The lowest BCUT2D eigenvalue weighted by molar-refractivity contribution is -0.136. The van der Waals surface area contributed by atoms with Gasteiger partial charge in [0.15, 0.2) is 0 Å². The molecule has 8 atom stereocenters. The summed E-state index contributed by atoms with van der Waals surface area (Å²) < 4.78 is 6.07. The predicted octanol–water partition coefficient (Wildman–Crippen LogP) is 13.8. The van der Waals surface area contributed by atoms with Crippen molar-refractivity contribution in [2.45, 2.75) is 247 Å². The Balaban J connectivity index is 1.12. The van der Waals surface area contributed by atoms with Crippen molar-refractivity contribution >= 4 is 17.9 Å². The number of unbranched alkanes of at least 4 members (excludes halogenated alkanes) is 16. The van der Waals surface area contributed by atoms with E-state index in [9.17, 15) is 14.4 Å². The number of ether oxygens (including phenoxy) is 1. The molecule has 0 aliphatic heterocycles. The predicted molar refractivity (Wildman–Crippen MR) is 268 cm³/mol. The van der Waals surface area contributed by atoms with Crippen LogP contribution < -0.4 is 16.4 Å². The Morgan fingerprint density at radius 2 is 1.38 bits per heavy atom. The summed E-state index contributed by atoms with van der Waals surface area (Å²) in [6.45, 7) is 17.5. The van der Waals surface area contributed by atoms with Gasteiger partial charge in [0.2, 0.25) is 11.8 Å². The van der Waals surface area contributed by atoms with Gasteiger partial charge in [0.25, 0.3) is 0 Å². The van der Waals surface area contributed by atoms with Crippen LogP contribution in [0.25, 0.3) is 0 Å². The van der Waals surface area contributed by atoms with E-state index in [2.05, 4.69) is 58.3 Å². The minimum Gasteiger partial charge on any atom is -0.446 e. The van der Waals surface area contributed by atoms with Gasteiger partial charge in [-0.05, 0) is 130 Å². The molecule has 3 fully saturated rings. The van der Waals surface area contributed by atoms with Crippen molar-refractivity contribution in [2.24, 2.45) is 52.1 Å². The molecule has 8 nitrogen and oxygen atoms in total. The molecule has 0 aromatic rings. The standard InChI is InChI=1S/C56H102N4O4/c1-7-8-9-10-11-12-13-14-15-16-21-29-53(62)60(43-52(61)58-39-23-18-17-22-38-57)41-25-20-19-24-40-59-54(63)64-47-34-36-55(5)46(42-47)30-31-48-50-33-32-49(45(4)28-26-27-44(2)3)56(50,6)37-35-51(48)55/h30,44-45,47-51H,7-29,31-43,57H2,1-6H3,(H,58,61)(H,59,63)/t45-,47+,48+,49-,50+,51+,55+,56-/m1/s1. The topological polar surface area (TPSA) is 114 Å². The third-order valence-corrected chi connectivity index (χ3v) is 17.3. The largest absolute Gasteiger partial charge is 0.446 e. The smallest absolute Gasteiger partial charge is 0.407 e. The monoisotopic (exact) mass is 895 g/mol. The highest BCUT2D eigenvalue weighted by molar-refractivity contribution is 5.84. The van der Waals surface area contributed by atoms with Gasteiger partial charge in [-0.15, -0.1) is 0 Å². The molecule has 3 saturated carbocycles. The number of hydrogen-bond donors (Lipinski definition) is 3. The summed E-state index contributed by atoms with van der Waals surface area (Å²) in [7, 11) is 0. The number of fused-ring (bicyclic) bond motifs is 5. The first-order chi connectivity index (χ1) is 30.9. The lowest BCUT2D eigenvalue weighted by Gasteiger charge is -2.58. The first-order valence-corrected chi connectivity index (χ1v) is 27.8. The van der Waals surface area contributed by atoms with Gasteiger partial charge in [-0.3, -0.25) is 9.59 Å². The van der Waals surface area contributed by atoms with Gasteiger partial charge < -0.3 is 26.0 Å². The summed E-state index contributed by atoms with van der Waals surface area (Å²) >= 11 is 0. The van der Waals surface area contributed by atoms with E-state index in [0.717, 1.165) is 119 Å². The number of nitrogens with zero attached hydrogens (tertiary/aromatic N) is 1. The van der Waals surface area contributed by atoms with Crippen molar-refractivity contribution in [3.63, 3.8) is 0 Å². The minimum atomic E-state index is -0.277. The number of alkyl carbamates (subject to hydrolysis) is 1. The van der Waals surface area contributed by atoms with Crippen LogP contribution >= 0.6 is 0 Å². The van der Waals surface area contributed by atoms with Crippen LogP contribution in [0.3, 0.4) is 0 Å². The van der Waals surface area contributed by atoms with Crippen LogP contribution in [0.15, 0.2) is 11.6 Å². The molecular formula is C56H102N4O4. The van der Waals surface area contributed by atoms with E-state index in [0.29, 0.717) is 38.0 Å². The van der Waals surface area contributed by atoms with Crippen LogP contribution in [-0.2, 0) is 14.3 Å². The van der Waals surface area contributed by atoms with Crippen LogP contribution in [0, 0.1) is 46.3 Å². The summed E-state index contributed by atoms with van der Waals surface area (Å²) in [6, 6.07) is 0. The molecule has 4 rings (SSSR count). The normalized spacial score (nSPS) is 26.7. The van der Waals surface area contributed by atoms with Gasteiger partial charge in [-0.25, -0.2) is 4.79 Å². The molecule has 0 saturated heterocycles. The van der Waals surface area contributed by atoms with Crippen molar-refractivity contribution < 1.29 is 19.1 Å². The Labute approximate surface area is 394 Å². The highest BCUT2D eigenvalue weighted by Gasteiger charge is 2.59. The Kier molecular flexibility index (Phi) is 25.2. The van der Waals surface area contributed by atoms with Gasteiger partial charge >= 0.3 is 6.09 Å². The van der Waals surface area contributed by atoms with Gasteiger partial charge in [-0.2, -0.15) is 0 Å². The first kappa shape index (κ1) is 54.5. The summed E-state index contributed by atoms with van der Waals surface area (Å²) in [5.41, 5.74) is 7.94. The van der Waals surface area contributed by atoms with E-state index >= 15 is 0 Å². The third-order valence-electron chi connectivity index (χ3n) is 17.3. The maximum atomic E-state index is 13.3. The highest BCUT2D eigenvalue weighted by atomic mass is 16.6. The van der Waals surface area contributed by atoms with Crippen LogP contribution in [0.4, 0.5) is 4.79 Å². The Hall–Kier alpha value is -2.09. The summed E-state index contributed by atoms with van der Waals surface area (Å²) in [5, 5.41) is 6.09. The average molecular weight is 895 g/mol. The molecule has 4 aliphatic carbocycles. The molecule has 8 heteroatoms. The number of nitrogens with two attached hydrogens (primary N) is 1. The number of carbonyl (C=O) groups is 3. The molecule has 64 heavy (non-hydrogen) atoms. The molecule has 0 spiro atoms. The van der Waals surface area contributed by atoms with Crippen molar-refractivity contribution in [1.29, 1.82) is 0 Å². The van der Waals surface area contributed by atoms with Crippen LogP contribution in [0.5, 0.6) is 0 Å². The lowest BCUT2D eigenvalue weighted by atomic mass is 9.47. The molecule has 0 bridgehead atoms.